The molecule has 1 aliphatic rings. The van der Waals surface area contributed by atoms with Gasteiger partial charge in [0.2, 0.25) is 0 Å². The van der Waals surface area contributed by atoms with E-state index in [2.05, 4.69) is 5.32 Å². The highest BCUT2D eigenvalue weighted by Gasteiger charge is 2.26. The first-order valence-electron chi connectivity index (χ1n) is 7.90. The Morgan fingerprint density at radius 2 is 1.74 bits per heavy atom. The van der Waals surface area contributed by atoms with Crippen LogP contribution in [0.1, 0.15) is 36.0 Å². The van der Waals surface area contributed by atoms with Gasteiger partial charge < -0.3 is 15.0 Å². The zero-order chi connectivity index (χ0) is 16.2. The van der Waals surface area contributed by atoms with Gasteiger partial charge in [0.25, 0.3) is 5.91 Å². The van der Waals surface area contributed by atoms with E-state index in [0.29, 0.717) is 18.4 Å². The molecule has 5 heteroatoms. The molecule has 1 aromatic heterocycles. The van der Waals surface area contributed by atoms with E-state index in [1.165, 1.54) is 0 Å². The van der Waals surface area contributed by atoms with E-state index in [0.717, 1.165) is 18.5 Å². The number of carboxylic acids is 1. The van der Waals surface area contributed by atoms with Gasteiger partial charge in [0.05, 0.1) is 5.92 Å². The van der Waals surface area contributed by atoms with Gasteiger partial charge >= 0.3 is 5.97 Å². The van der Waals surface area contributed by atoms with Gasteiger partial charge in [-0.2, -0.15) is 0 Å². The lowest BCUT2D eigenvalue weighted by atomic mass is 9.86. The molecule has 1 aromatic carbocycles. The summed E-state index contributed by atoms with van der Waals surface area (Å²) in [5.41, 5.74) is 1.56. The molecular weight excluding hydrogens is 292 g/mol. The monoisotopic (exact) mass is 312 g/mol. The Labute approximate surface area is 134 Å². The van der Waals surface area contributed by atoms with E-state index in [4.69, 9.17) is 5.11 Å². The molecule has 0 radical (unpaired) electrons. The number of hydrogen-bond acceptors (Lipinski definition) is 2. The summed E-state index contributed by atoms with van der Waals surface area (Å²) in [5.74, 6) is -1.09. The molecule has 3 rings (SSSR count). The van der Waals surface area contributed by atoms with Crippen LogP contribution in [0.15, 0.2) is 48.8 Å². The Morgan fingerprint density at radius 1 is 1.04 bits per heavy atom. The normalized spacial score (nSPS) is 20.9. The van der Waals surface area contributed by atoms with Crippen LogP contribution in [0.5, 0.6) is 0 Å². The lowest BCUT2D eigenvalue weighted by Gasteiger charge is -2.26. The van der Waals surface area contributed by atoms with Gasteiger partial charge in [-0.15, -0.1) is 0 Å². The Hall–Kier alpha value is -2.56. The second kappa shape index (κ2) is 6.69. The molecule has 0 unspecified atom stereocenters. The molecule has 120 valence electrons. The van der Waals surface area contributed by atoms with Crippen LogP contribution in [-0.4, -0.2) is 27.6 Å². The fourth-order valence-electron chi connectivity index (χ4n) is 3.07. The van der Waals surface area contributed by atoms with Crippen LogP contribution < -0.4 is 5.32 Å². The lowest BCUT2D eigenvalue weighted by Crippen LogP contribution is -2.38. The second-order valence-electron chi connectivity index (χ2n) is 6.00. The van der Waals surface area contributed by atoms with Crippen molar-refractivity contribution in [2.75, 3.05) is 0 Å². The molecule has 0 spiro atoms. The van der Waals surface area contributed by atoms with Gasteiger partial charge in [-0.3, -0.25) is 9.59 Å². The van der Waals surface area contributed by atoms with Crippen LogP contribution in [0.2, 0.25) is 0 Å². The molecule has 2 aromatic rings. The summed E-state index contributed by atoms with van der Waals surface area (Å²) in [7, 11) is 0. The highest BCUT2D eigenvalue weighted by atomic mass is 16.4. The van der Waals surface area contributed by atoms with E-state index in [9.17, 15) is 9.59 Å². The number of nitrogens with zero attached hydrogens (tertiary/aromatic N) is 1. The smallest absolute Gasteiger partial charge is 0.306 e. The average molecular weight is 312 g/mol. The van der Waals surface area contributed by atoms with Crippen molar-refractivity contribution in [2.45, 2.75) is 31.7 Å². The Balaban J connectivity index is 1.63. The van der Waals surface area contributed by atoms with Crippen molar-refractivity contribution in [3.05, 3.63) is 54.4 Å². The summed E-state index contributed by atoms with van der Waals surface area (Å²) in [6.45, 7) is 0. The van der Waals surface area contributed by atoms with Crippen LogP contribution in [0, 0.1) is 5.92 Å². The maximum atomic E-state index is 12.4. The fraction of sp³-hybridized carbons (Fsp3) is 0.333. The summed E-state index contributed by atoms with van der Waals surface area (Å²) in [6.07, 6.45) is 6.57. The zero-order valence-electron chi connectivity index (χ0n) is 12.8. The highest BCUT2D eigenvalue weighted by molar-refractivity contribution is 5.94. The minimum absolute atomic E-state index is 0.0633. The van der Waals surface area contributed by atoms with Crippen molar-refractivity contribution in [2.24, 2.45) is 5.92 Å². The fourth-order valence-corrected chi connectivity index (χ4v) is 3.07. The molecule has 0 atom stereocenters. The number of carboxylic acid groups (broad SMARTS) is 1. The molecule has 2 N–H and O–H groups in total. The van der Waals surface area contributed by atoms with E-state index < -0.39 is 5.97 Å². The van der Waals surface area contributed by atoms with Crippen molar-refractivity contribution < 1.29 is 14.7 Å². The molecule has 23 heavy (non-hydrogen) atoms. The number of carbonyl (C=O) groups excluding carboxylic acids is 1. The van der Waals surface area contributed by atoms with Crippen LogP contribution in [0.4, 0.5) is 0 Å². The predicted octanol–water partition coefficient (Wildman–Crippen LogP) is 2.85. The van der Waals surface area contributed by atoms with Crippen molar-refractivity contribution in [3.8, 4) is 5.69 Å². The van der Waals surface area contributed by atoms with Gasteiger partial charge in [-0.1, -0.05) is 6.07 Å². The van der Waals surface area contributed by atoms with E-state index in [1.54, 1.807) is 6.07 Å². The summed E-state index contributed by atoms with van der Waals surface area (Å²) in [5, 5.41) is 12.0. The van der Waals surface area contributed by atoms with Crippen molar-refractivity contribution in [1.29, 1.82) is 0 Å². The van der Waals surface area contributed by atoms with Crippen molar-refractivity contribution in [1.82, 2.24) is 9.88 Å². The highest BCUT2D eigenvalue weighted by Crippen LogP contribution is 2.24. The molecular formula is C18H20N2O3. The van der Waals surface area contributed by atoms with E-state index in [1.807, 2.05) is 47.3 Å². The number of hydrogen-bond donors (Lipinski definition) is 2. The summed E-state index contributed by atoms with van der Waals surface area (Å²) in [6, 6.07) is 11.4. The van der Waals surface area contributed by atoms with Gasteiger partial charge in [0.1, 0.15) is 0 Å². The first-order chi connectivity index (χ1) is 11.1. The summed E-state index contributed by atoms with van der Waals surface area (Å²) in [4.78, 5) is 23.4. The quantitative estimate of drug-likeness (QED) is 0.912. The number of carbonyl (C=O) groups is 2. The largest absolute Gasteiger partial charge is 0.481 e. The standard InChI is InChI=1S/C18H20N2O3/c21-17(19-15-8-6-13(7-9-15)18(22)23)14-4-3-5-16(12-14)20-10-1-2-11-20/h1-5,10-13,15H,6-9H2,(H,19,21)(H,22,23). The number of amides is 1. The topological polar surface area (TPSA) is 71.3 Å². The lowest BCUT2D eigenvalue weighted by molar-refractivity contribution is -0.142. The number of nitrogens with one attached hydrogen (secondary N) is 1. The number of aromatic nitrogens is 1. The van der Waals surface area contributed by atoms with Crippen LogP contribution in [-0.2, 0) is 4.79 Å². The Bertz CT molecular complexity index is 686. The molecule has 1 heterocycles. The van der Waals surface area contributed by atoms with Crippen LogP contribution >= 0.6 is 0 Å². The third kappa shape index (κ3) is 3.62. The maximum Gasteiger partial charge on any atom is 0.306 e. The van der Waals surface area contributed by atoms with Crippen molar-refractivity contribution in [3.63, 3.8) is 0 Å². The molecule has 0 aliphatic heterocycles. The van der Waals surface area contributed by atoms with Gasteiger partial charge in [0.15, 0.2) is 0 Å². The van der Waals surface area contributed by atoms with Crippen LogP contribution in [0.25, 0.3) is 5.69 Å². The molecule has 0 bridgehead atoms. The number of benzene rings is 1. The average Bonchev–Trinajstić information content (AvgIpc) is 3.10. The van der Waals surface area contributed by atoms with Gasteiger partial charge in [-0.25, -0.2) is 0 Å². The Morgan fingerprint density at radius 3 is 2.39 bits per heavy atom. The van der Waals surface area contributed by atoms with Crippen molar-refractivity contribution >= 4 is 11.9 Å². The first-order valence-corrected chi connectivity index (χ1v) is 7.90. The van der Waals surface area contributed by atoms with E-state index >= 15 is 0 Å². The Kier molecular flexibility index (Phi) is 4.46. The SMILES string of the molecule is O=C(NC1CCC(C(=O)O)CC1)c1cccc(-n2cccc2)c1. The van der Waals surface area contributed by atoms with Crippen LogP contribution in [0.3, 0.4) is 0 Å². The molecule has 1 amide bonds. The second-order valence-corrected chi connectivity index (χ2v) is 6.00. The molecule has 1 aliphatic carbocycles. The molecule has 1 fully saturated rings. The minimum atomic E-state index is -0.728. The zero-order valence-corrected chi connectivity index (χ0v) is 12.8. The molecule has 0 saturated heterocycles. The number of aliphatic carboxylic acids is 1. The first kappa shape index (κ1) is 15.3. The predicted molar refractivity (Wildman–Crippen MR) is 86.6 cm³/mol. The summed E-state index contributed by atoms with van der Waals surface area (Å²) < 4.78 is 1.95. The third-order valence-corrected chi connectivity index (χ3v) is 4.42. The molecule has 5 nitrogen and oxygen atoms in total. The van der Waals surface area contributed by atoms with Gasteiger partial charge in [0, 0.05) is 29.7 Å². The van der Waals surface area contributed by atoms with E-state index in [-0.39, 0.29) is 17.9 Å². The third-order valence-electron chi connectivity index (χ3n) is 4.42. The number of rotatable bonds is 4. The molecule has 1 saturated carbocycles. The minimum Gasteiger partial charge on any atom is -0.481 e. The maximum absolute atomic E-state index is 12.4. The summed E-state index contributed by atoms with van der Waals surface area (Å²) >= 11 is 0. The van der Waals surface area contributed by atoms with Gasteiger partial charge in [-0.05, 0) is 56.0 Å².